The second kappa shape index (κ2) is 5.78. The van der Waals surface area contributed by atoms with Crippen LogP contribution in [0.15, 0.2) is 36.1 Å². The molecule has 1 aliphatic carbocycles. The monoisotopic (exact) mass is 151 g/mol. The highest BCUT2D eigenvalue weighted by Gasteiger charge is 1.94. The van der Waals surface area contributed by atoms with E-state index in [1.807, 2.05) is 20.9 Å². The molecule has 1 nitrogen and oxygen atoms in total. The van der Waals surface area contributed by atoms with Crippen molar-refractivity contribution in [3.63, 3.8) is 0 Å². The van der Waals surface area contributed by atoms with Crippen molar-refractivity contribution in [3.05, 3.63) is 36.1 Å². The van der Waals surface area contributed by atoms with Crippen molar-refractivity contribution in [1.82, 2.24) is 5.32 Å². The van der Waals surface area contributed by atoms with Gasteiger partial charge in [0.25, 0.3) is 0 Å². The molecular weight excluding hydrogens is 134 g/mol. The van der Waals surface area contributed by atoms with E-state index in [2.05, 4.69) is 30.1 Å². The minimum Gasteiger partial charge on any atom is -0.388 e. The highest BCUT2D eigenvalue weighted by molar-refractivity contribution is 5.33. The first-order valence-electron chi connectivity index (χ1n) is 4.06. The quantitative estimate of drug-likeness (QED) is 0.607. The average Bonchev–Trinajstić information content (AvgIpc) is 2.08. The summed E-state index contributed by atoms with van der Waals surface area (Å²) >= 11 is 0. The Hall–Kier alpha value is -0.980. The van der Waals surface area contributed by atoms with Crippen molar-refractivity contribution in [2.24, 2.45) is 0 Å². The van der Waals surface area contributed by atoms with E-state index in [4.69, 9.17) is 0 Å². The fourth-order valence-corrected chi connectivity index (χ4v) is 0.820. The first kappa shape index (κ1) is 10.0. The molecule has 1 N–H and O–H groups in total. The summed E-state index contributed by atoms with van der Waals surface area (Å²) in [5.41, 5.74) is 2.31. The molecule has 0 saturated carbocycles. The smallest absolute Gasteiger partial charge is 0.0337 e. The van der Waals surface area contributed by atoms with Gasteiger partial charge in [-0.2, -0.15) is 0 Å². The van der Waals surface area contributed by atoms with E-state index in [1.165, 1.54) is 5.57 Å². The van der Waals surface area contributed by atoms with Gasteiger partial charge in [0.15, 0.2) is 0 Å². The Kier molecular flexibility index (Phi) is 5.26. The Morgan fingerprint density at radius 1 is 1.45 bits per heavy atom. The lowest BCUT2D eigenvalue weighted by molar-refractivity contribution is 1.01. The van der Waals surface area contributed by atoms with E-state index < -0.39 is 0 Å². The standard InChI is InChI=1S/C8H11N.C2H6/c1-7-4-3-5-8(6-7)9-2;1-2/h3,5-6,9H,1,4H2,2H3;1-2H3. The molecule has 0 bridgehead atoms. The van der Waals surface area contributed by atoms with Crippen molar-refractivity contribution in [3.8, 4) is 0 Å². The number of rotatable bonds is 1. The zero-order valence-corrected chi connectivity index (χ0v) is 7.65. The topological polar surface area (TPSA) is 12.0 Å². The Labute approximate surface area is 69.5 Å². The Morgan fingerprint density at radius 3 is 2.45 bits per heavy atom. The molecule has 62 valence electrons. The van der Waals surface area contributed by atoms with Gasteiger partial charge in [-0.1, -0.05) is 26.5 Å². The molecule has 0 spiro atoms. The second-order valence-electron chi connectivity index (χ2n) is 2.11. The zero-order chi connectivity index (χ0) is 8.69. The van der Waals surface area contributed by atoms with E-state index in [0.717, 1.165) is 12.1 Å². The van der Waals surface area contributed by atoms with Crippen LogP contribution in [0.3, 0.4) is 0 Å². The summed E-state index contributed by atoms with van der Waals surface area (Å²) in [5.74, 6) is 0. The summed E-state index contributed by atoms with van der Waals surface area (Å²) in [6, 6.07) is 0. The van der Waals surface area contributed by atoms with E-state index in [1.54, 1.807) is 0 Å². The van der Waals surface area contributed by atoms with Crippen LogP contribution >= 0.6 is 0 Å². The average molecular weight is 151 g/mol. The minimum atomic E-state index is 0.991. The highest BCUT2D eigenvalue weighted by atomic mass is 14.8. The van der Waals surface area contributed by atoms with Crippen LogP contribution < -0.4 is 5.32 Å². The van der Waals surface area contributed by atoms with Crippen LogP contribution in [0.1, 0.15) is 20.3 Å². The molecule has 0 heterocycles. The van der Waals surface area contributed by atoms with Gasteiger partial charge in [-0.15, -0.1) is 0 Å². The summed E-state index contributed by atoms with van der Waals surface area (Å²) in [7, 11) is 1.91. The van der Waals surface area contributed by atoms with Crippen molar-refractivity contribution >= 4 is 0 Å². The molecule has 0 aromatic rings. The maximum Gasteiger partial charge on any atom is 0.0337 e. The van der Waals surface area contributed by atoms with Crippen LogP contribution in [0.4, 0.5) is 0 Å². The molecule has 11 heavy (non-hydrogen) atoms. The molecule has 0 amide bonds. The Balaban J connectivity index is 0.000000461. The van der Waals surface area contributed by atoms with Gasteiger partial charge < -0.3 is 5.32 Å². The molecule has 0 aromatic heterocycles. The molecule has 1 aliphatic rings. The fourth-order valence-electron chi connectivity index (χ4n) is 0.820. The van der Waals surface area contributed by atoms with Crippen molar-refractivity contribution in [1.29, 1.82) is 0 Å². The molecule has 1 rings (SSSR count). The van der Waals surface area contributed by atoms with E-state index in [0.29, 0.717) is 0 Å². The van der Waals surface area contributed by atoms with Gasteiger partial charge in [0.1, 0.15) is 0 Å². The number of likely N-dealkylation sites (N-methyl/N-ethyl adjacent to an activating group) is 1. The Bertz CT molecular complexity index is 175. The third kappa shape index (κ3) is 3.66. The van der Waals surface area contributed by atoms with Gasteiger partial charge >= 0.3 is 0 Å². The normalized spacial score (nSPS) is 14.8. The maximum absolute atomic E-state index is 3.84. The van der Waals surface area contributed by atoms with Gasteiger partial charge in [-0.25, -0.2) is 0 Å². The molecule has 0 saturated heterocycles. The van der Waals surface area contributed by atoms with Crippen molar-refractivity contribution in [2.45, 2.75) is 20.3 Å². The lowest BCUT2D eigenvalue weighted by Gasteiger charge is -2.06. The fraction of sp³-hybridized carbons (Fsp3) is 0.400. The Morgan fingerprint density at radius 2 is 2.09 bits per heavy atom. The lowest BCUT2D eigenvalue weighted by Crippen LogP contribution is -2.04. The number of nitrogens with one attached hydrogen (secondary N) is 1. The van der Waals surface area contributed by atoms with Crippen LogP contribution in [0.2, 0.25) is 0 Å². The van der Waals surface area contributed by atoms with Crippen LogP contribution in [-0.4, -0.2) is 7.05 Å². The van der Waals surface area contributed by atoms with Crippen LogP contribution in [0, 0.1) is 0 Å². The van der Waals surface area contributed by atoms with E-state index in [9.17, 15) is 0 Å². The van der Waals surface area contributed by atoms with E-state index >= 15 is 0 Å². The first-order chi connectivity index (χ1) is 5.33. The van der Waals surface area contributed by atoms with Crippen LogP contribution in [-0.2, 0) is 0 Å². The number of hydrogen-bond donors (Lipinski definition) is 1. The van der Waals surface area contributed by atoms with Crippen molar-refractivity contribution in [2.75, 3.05) is 7.05 Å². The molecule has 1 heteroatoms. The third-order valence-corrected chi connectivity index (χ3v) is 1.33. The molecule has 0 aromatic carbocycles. The SMILES string of the molecule is C=C1C=C(NC)C=CC1.CC. The van der Waals surface area contributed by atoms with Crippen LogP contribution in [0.25, 0.3) is 0 Å². The largest absolute Gasteiger partial charge is 0.388 e. The molecule has 0 unspecified atom stereocenters. The maximum atomic E-state index is 3.84. The van der Waals surface area contributed by atoms with Crippen molar-refractivity contribution < 1.29 is 0 Å². The summed E-state index contributed by atoms with van der Waals surface area (Å²) in [6.07, 6.45) is 7.22. The molecule has 0 radical (unpaired) electrons. The minimum absolute atomic E-state index is 0.991. The summed E-state index contributed by atoms with van der Waals surface area (Å²) in [4.78, 5) is 0. The number of hydrogen-bond acceptors (Lipinski definition) is 1. The molecular formula is C10H17N. The van der Waals surface area contributed by atoms with Gasteiger partial charge in [0.2, 0.25) is 0 Å². The molecule has 0 aliphatic heterocycles. The van der Waals surface area contributed by atoms with Gasteiger partial charge in [-0.3, -0.25) is 0 Å². The lowest BCUT2D eigenvalue weighted by atomic mass is 10.1. The van der Waals surface area contributed by atoms with Gasteiger partial charge in [0, 0.05) is 12.7 Å². The summed E-state index contributed by atoms with van der Waals surface area (Å²) in [5, 5.41) is 3.05. The van der Waals surface area contributed by atoms with Gasteiger partial charge in [-0.05, 0) is 24.1 Å². The zero-order valence-electron chi connectivity index (χ0n) is 7.65. The number of allylic oxidation sites excluding steroid dienone is 4. The molecule has 0 fully saturated rings. The third-order valence-electron chi connectivity index (χ3n) is 1.33. The van der Waals surface area contributed by atoms with Crippen LogP contribution in [0.5, 0.6) is 0 Å². The first-order valence-corrected chi connectivity index (χ1v) is 4.06. The van der Waals surface area contributed by atoms with E-state index in [-0.39, 0.29) is 0 Å². The predicted molar refractivity (Wildman–Crippen MR) is 51.4 cm³/mol. The van der Waals surface area contributed by atoms with Gasteiger partial charge in [0.05, 0.1) is 0 Å². The predicted octanol–water partition coefficient (Wildman–Crippen LogP) is 2.63. The highest BCUT2D eigenvalue weighted by Crippen LogP contribution is 2.10. The molecule has 0 atom stereocenters. The summed E-state index contributed by atoms with van der Waals surface area (Å²) < 4.78 is 0. The summed E-state index contributed by atoms with van der Waals surface area (Å²) in [6.45, 7) is 7.84. The second-order valence-corrected chi connectivity index (χ2v) is 2.11.